The lowest BCUT2D eigenvalue weighted by molar-refractivity contribution is 0.102. The standard InChI is InChI=1S/C21H22ClN3O4S2/c1-2-25-17-9-7-15(13-18(17)30-21(25)27)23-20(26)14-6-8-16(22)19(12-14)31(28,29)24-10-4-3-5-11-24/h6-9,12-13H,2-5,10-11H2,1H3,(H,23,26). The fourth-order valence-electron chi connectivity index (χ4n) is 3.73. The lowest BCUT2D eigenvalue weighted by atomic mass is 10.2. The number of nitrogens with zero attached hydrogens (tertiary/aromatic N) is 2. The van der Waals surface area contributed by atoms with Gasteiger partial charge in [-0.05, 0) is 56.2 Å². The second-order valence-corrected chi connectivity index (χ2v) is 10.7. The normalized spacial score (nSPS) is 15.3. The van der Waals surface area contributed by atoms with Gasteiger partial charge in [0.2, 0.25) is 10.0 Å². The molecule has 2 aromatic carbocycles. The van der Waals surface area contributed by atoms with Gasteiger partial charge < -0.3 is 5.32 Å². The molecule has 0 radical (unpaired) electrons. The van der Waals surface area contributed by atoms with E-state index in [1.54, 1.807) is 22.8 Å². The molecule has 0 bridgehead atoms. The Labute approximate surface area is 189 Å². The molecule has 1 fully saturated rings. The number of piperidine rings is 1. The van der Waals surface area contributed by atoms with E-state index in [9.17, 15) is 18.0 Å². The van der Waals surface area contributed by atoms with Crippen LogP contribution in [0, 0.1) is 0 Å². The first kappa shape index (κ1) is 22.0. The Balaban J connectivity index is 1.61. The molecule has 7 nitrogen and oxygen atoms in total. The maximum atomic E-state index is 13.0. The lowest BCUT2D eigenvalue weighted by Crippen LogP contribution is -2.35. The molecule has 1 aliphatic heterocycles. The van der Waals surface area contributed by atoms with Gasteiger partial charge >= 0.3 is 4.87 Å². The van der Waals surface area contributed by atoms with Crippen LogP contribution < -0.4 is 10.2 Å². The van der Waals surface area contributed by atoms with Crippen molar-refractivity contribution >= 4 is 54.8 Å². The Hall–Kier alpha value is -2.20. The molecule has 10 heteroatoms. The van der Waals surface area contributed by atoms with E-state index in [1.807, 2.05) is 6.92 Å². The summed E-state index contributed by atoms with van der Waals surface area (Å²) in [6.07, 6.45) is 2.62. The van der Waals surface area contributed by atoms with Crippen molar-refractivity contribution in [1.29, 1.82) is 0 Å². The topological polar surface area (TPSA) is 88.5 Å². The lowest BCUT2D eigenvalue weighted by Gasteiger charge is -2.26. The van der Waals surface area contributed by atoms with E-state index >= 15 is 0 Å². The number of hydrogen-bond acceptors (Lipinski definition) is 5. The van der Waals surface area contributed by atoms with Crippen molar-refractivity contribution in [3.63, 3.8) is 0 Å². The van der Waals surface area contributed by atoms with Crippen molar-refractivity contribution in [2.75, 3.05) is 18.4 Å². The molecule has 1 aliphatic rings. The van der Waals surface area contributed by atoms with E-state index in [0.29, 0.717) is 25.3 Å². The molecule has 0 atom stereocenters. The molecule has 1 aromatic heterocycles. The maximum Gasteiger partial charge on any atom is 0.308 e. The molecule has 164 valence electrons. The molecule has 1 amide bonds. The number of benzene rings is 2. The number of aryl methyl sites for hydroxylation is 1. The fourth-order valence-corrected chi connectivity index (χ4v) is 6.75. The van der Waals surface area contributed by atoms with Gasteiger partial charge in [-0.3, -0.25) is 14.2 Å². The Morgan fingerprint density at radius 3 is 2.58 bits per heavy atom. The van der Waals surface area contributed by atoms with Gasteiger partial charge in [0.05, 0.1) is 15.2 Å². The van der Waals surface area contributed by atoms with Crippen LogP contribution in [0.15, 0.2) is 46.1 Å². The van der Waals surface area contributed by atoms with Crippen LogP contribution in [0.2, 0.25) is 5.02 Å². The summed E-state index contributed by atoms with van der Waals surface area (Å²) in [7, 11) is -3.77. The highest BCUT2D eigenvalue weighted by Gasteiger charge is 2.28. The van der Waals surface area contributed by atoms with Gasteiger partial charge in [0.1, 0.15) is 4.90 Å². The number of fused-ring (bicyclic) bond motifs is 1. The minimum Gasteiger partial charge on any atom is -0.322 e. The van der Waals surface area contributed by atoms with Crippen molar-refractivity contribution in [1.82, 2.24) is 8.87 Å². The molecule has 0 unspecified atom stereocenters. The molecule has 0 aliphatic carbocycles. The Morgan fingerprint density at radius 2 is 1.87 bits per heavy atom. The molecule has 0 saturated carbocycles. The van der Waals surface area contributed by atoms with Crippen LogP contribution in [0.4, 0.5) is 5.69 Å². The van der Waals surface area contributed by atoms with Crippen LogP contribution in [0.3, 0.4) is 0 Å². The van der Waals surface area contributed by atoms with Gasteiger partial charge in [-0.25, -0.2) is 8.42 Å². The number of rotatable bonds is 5. The minimum atomic E-state index is -3.77. The predicted octanol–water partition coefficient (Wildman–Crippen LogP) is 4.16. The maximum absolute atomic E-state index is 13.0. The third-order valence-corrected chi connectivity index (χ3v) is 8.69. The van der Waals surface area contributed by atoms with E-state index in [-0.39, 0.29) is 20.4 Å². The highest BCUT2D eigenvalue weighted by Crippen LogP contribution is 2.28. The first-order valence-corrected chi connectivity index (χ1v) is 12.7. The smallest absolute Gasteiger partial charge is 0.308 e. The monoisotopic (exact) mass is 479 g/mol. The number of aromatic nitrogens is 1. The summed E-state index contributed by atoms with van der Waals surface area (Å²) in [4.78, 5) is 24.8. The van der Waals surface area contributed by atoms with E-state index in [4.69, 9.17) is 11.6 Å². The Kier molecular flexibility index (Phi) is 6.20. The number of halogens is 1. The zero-order chi connectivity index (χ0) is 22.2. The summed E-state index contributed by atoms with van der Waals surface area (Å²) in [5.74, 6) is -0.451. The summed E-state index contributed by atoms with van der Waals surface area (Å²) in [5.41, 5.74) is 1.54. The van der Waals surface area contributed by atoms with Crippen molar-refractivity contribution in [3.05, 3.63) is 56.7 Å². The molecule has 4 rings (SSSR count). The molecule has 0 spiro atoms. The third kappa shape index (κ3) is 4.27. The van der Waals surface area contributed by atoms with Gasteiger partial charge in [0.25, 0.3) is 5.91 Å². The second-order valence-electron chi connectivity index (χ2n) is 7.36. The van der Waals surface area contributed by atoms with Gasteiger partial charge in [0.15, 0.2) is 0 Å². The summed E-state index contributed by atoms with van der Waals surface area (Å²) >= 11 is 7.31. The summed E-state index contributed by atoms with van der Waals surface area (Å²) in [6, 6.07) is 9.51. The van der Waals surface area contributed by atoms with Crippen LogP contribution in [0.5, 0.6) is 0 Å². The van der Waals surface area contributed by atoms with E-state index in [1.165, 1.54) is 22.5 Å². The number of carbonyl (C=O) groups is 1. The van der Waals surface area contributed by atoms with Crippen molar-refractivity contribution in [2.24, 2.45) is 0 Å². The third-order valence-electron chi connectivity index (χ3n) is 5.37. The first-order chi connectivity index (χ1) is 14.8. The summed E-state index contributed by atoms with van der Waals surface area (Å²) < 4.78 is 29.9. The fraction of sp³-hybridized carbons (Fsp3) is 0.333. The van der Waals surface area contributed by atoms with Gasteiger partial charge in [-0.2, -0.15) is 4.31 Å². The molecule has 1 saturated heterocycles. The minimum absolute atomic E-state index is 0.0498. The molecular formula is C21H22ClN3O4S2. The highest BCUT2D eigenvalue weighted by molar-refractivity contribution is 7.89. The van der Waals surface area contributed by atoms with Gasteiger partial charge in [0, 0.05) is 30.9 Å². The number of thiazole rings is 1. The number of anilines is 1. The predicted molar refractivity (Wildman–Crippen MR) is 124 cm³/mol. The van der Waals surface area contributed by atoms with E-state index in [2.05, 4.69) is 5.32 Å². The van der Waals surface area contributed by atoms with Crippen molar-refractivity contribution in [3.8, 4) is 0 Å². The van der Waals surface area contributed by atoms with Crippen LogP contribution in [0.1, 0.15) is 36.5 Å². The van der Waals surface area contributed by atoms with Crippen molar-refractivity contribution in [2.45, 2.75) is 37.6 Å². The van der Waals surface area contributed by atoms with E-state index < -0.39 is 15.9 Å². The molecule has 31 heavy (non-hydrogen) atoms. The average Bonchev–Trinajstić information content (AvgIpc) is 3.08. The van der Waals surface area contributed by atoms with Crippen LogP contribution in [-0.4, -0.2) is 36.3 Å². The summed E-state index contributed by atoms with van der Waals surface area (Å²) in [6.45, 7) is 3.38. The number of sulfonamides is 1. The Bertz CT molecular complexity index is 1310. The second kappa shape index (κ2) is 8.74. The molecule has 3 aromatic rings. The van der Waals surface area contributed by atoms with E-state index in [0.717, 1.165) is 40.8 Å². The number of carbonyl (C=O) groups excluding carboxylic acids is 1. The molecule has 1 N–H and O–H groups in total. The average molecular weight is 480 g/mol. The van der Waals surface area contributed by atoms with Crippen molar-refractivity contribution < 1.29 is 13.2 Å². The zero-order valence-corrected chi connectivity index (χ0v) is 19.3. The number of nitrogens with one attached hydrogen (secondary N) is 1. The van der Waals surface area contributed by atoms with Crippen LogP contribution in [0.25, 0.3) is 10.2 Å². The van der Waals surface area contributed by atoms with Crippen LogP contribution in [-0.2, 0) is 16.6 Å². The first-order valence-electron chi connectivity index (χ1n) is 10.1. The quantitative estimate of drug-likeness (QED) is 0.595. The largest absolute Gasteiger partial charge is 0.322 e. The van der Waals surface area contributed by atoms with Gasteiger partial charge in [-0.1, -0.05) is 29.4 Å². The highest BCUT2D eigenvalue weighted by atomic mass is 35.5. The zero-order valence-electron chi connectivity index (χ0n) is 16.9. The number of amides is 1. The van der Waals surface area contributed by atoms with Gasteiger partial charge in [-0.15, -0.1) is 0 Å². The van der Waals surface area contributed by atoms with Crippen LogP contribution >= 0.6 is 22.9 Å². The Morgan fingerprint density at radius 1 is 1.13 bits per heavy atom. The SMILES string of the molecule is CCn1c(=O)sc2cc(NC(=O)c3ccc(Cl)c(S(=O)(=O)N4CCCCC4)c3)ccc21. The number of hydrogen-bond donors (Lipinski definition) is 1. The summed E-state index contributed by atoms with van der Waals surface area (Å²) in [5, 5.41) is 2.87. The molecular weight excluding hydrogens is 458 g/mol. The molecule has 2 heterocycles.